The van der Waals surface area contributed by atoms with Gasteiger partial charge in [-0.25, -0.2) is 13.6 Å². The summed E-state index contributed by atoms with van der Waals surface area (Å²) in [7, 11) is 0. The number of hydrogen-bond acceptors (Lipinski definition) is 5. The number of nitrogens with zero attached hydrogens (tertiary/aromatic N) is 4. The smallest absolute Gasteiger partial charge is 0.332 e. The van der Waals surface area contributed by atoms with Crippen molar-refractivity contribution in [1.29, 1.82) is 0 Å². The molecule has 0 radical (unpaired) electrons. The van der Waals surface area contributed by atoms with Crippen molar-refractivity contribution in [2.24, 2.45) is 0 Å². The van der Waals surface area contributed by atoms with Gasteiger partial charge in [-0.15, -0.1) is 6.58 Å². The Hall–Kier alpha value is -4.51. The second-order valence-electron chi connectivity index (χ2n) is 10.5. The Balaban J connectivity index is 1.44. The second kappa shape index (κ2) is 12.6. The van der Waals surface area contributed by atoms with Crippen LogP contribution in [0.25, 0.3) is 0 Å². The van der Waals surface area contributed by atoms with Gasteiger partial charge in [-0.05, 0) is 54.3 Å². The Morgan fingerprint density at radius 1 is 1.14 bits per heavy atom. The highest BCUT2D eigenvalue weighted by Gasteiger charge is 2.52. The molecule has 0 bridgehead atoms. The van der Waals surface area contributed by atoms with Gasteiger partial charge in [-0.3, -0.25) is 14.6 Å². The van der Waals surface area contributed by atoms with Crippen LogP contribution in [0, 0.1) is 11.6 Å². The molecule has 2 aliphatic heterocycles. The number of amides is 4. The summed E-state index contributed by atoms with van der Waals surface area (Å²) < 4.78 is 28.6. The maximum atomic E-state index is 14.6. The van der Waals surface area contributed by atoms with Gasteiger partial charge in [-0.2, -0.15) is 5.01 Å². The molecule has 42 heavy (non-hydrogen) atoms. The molecule has 0 spiro atoms. The average molecular weight is 578 g/mol. The predicted octanol–water partition coefficient (Wildman–Crippen LogP) is 3.48. The summed E-state index contributed by atoms with van der Waals surface area (Å²) in [4.78, 5) is 43.6. The van der Waals surface area contributed by atoms with Gasteiger partial charge in [0.25, 0.3) is 0 Å². The number of fused-ring (bicyclic) bond motifs is 1. The first kappa shape index (κ1) is 29.0. The van der Waals surface area contributed by atoms with E-state index in [0.29, 0.717) is 12.1 Å². The summed E-state index contributed by atoms with van der Waals surface area (Å²) in [6, 6.07) is 7.98. The zero-order valence-corrected chi connectivity index (χ0v) is 23.1. The number of nitrogens with one attached hydrogen (secondary N) is 1. The van der Waals surface area contributed by atoms with E-state index in [0.717, 1.165) is 36.6 Å². The number of urea groups is 1. The molecule has 5 rings (SSSR count). The van der Waals surface area contributed by atoms with Gasteiger partial charge in [0.05, 0.1) is 19.6 Å². The maximum Gasteiger partial charge on any atom is 0.332 e. The number of halogens is 2. The van der Waals surface area contributed by atoms with Gasteiger partial charge < -0.3 is 20.2 Å². The van der Waals surface area contributed by atoms with Crippen LogP contribution in [-0.4, -0.2) is 81.2 Å². The SMILES string of the molecule is C=CCN(C(=O)NCC1=CCCC=C1)N1CC(=O)N2[C@@H](Cc3ccc(O)cc3)C(=O)N(Cc3cc(F)ccc3F)C[C@@H]21. The zero-order valence-electron chi connectivity index (χ0n) is 23.1. The van der Waals surface area contributed by atoms with E-state index in [4.69, 9.17) is 0 Å². The van der Waals surface area contributed by atoms with Crippen LogP contribution in [0.1, 0.15) is 24.0 Å². The van der Waals surface area contributed by atoms with Crippen molar-refractivity contribution in [3.05, 3.63) is 102 Å². The number of benzene rings is 2. The first-order valence-corrected chi connectivity index (χ1v) is 13.9. The first-order chi connectivity index (χ1) is 20.2. The monoisotopic (exact) mass is 577 g/mol. The highest BCUT2D eigenvalue weighted by atomic mass is 19.1. The summed E-state index contributed by atoms with van der Waals surface area (Å²) >= 11 is 0. The normalized spacial score (nSPS) is 20.4. The molecule has 2 N–H and O–H groups in total. The Kier molecular flexibility index (Phi) is 8.67. The number of phenolic OH excluding ortho intramolecular Hbond substituents is 1. The first-order valence-electron chi connectivity index (χ1n) is 13.9. The van der Waals surface area contributed by atoms with E-state index in [1.807, 2.05) is 12.2 Å². The minimum absolute atomic E-state index is 0.00515. The predicted molar refractivity (Wildman–Crippen MR) is 151 cm³/mol. The van der Waals surface area contributed by atoms with Crippen LogP contribution in [0.15, 0.2) is 78.9 Å². The number of phenols is 1. The van der Waals surface area contributed by atoms with Crippen LogP contribution < -0.4 is 5.32 Å². The van der Waals surface area contributed by atoms with Gasteiger partial charge in [0, 0.05) is 25.1 Å². The lowest BCUT2D eigenvalue weighted by Gasteiger charge is -2.46. The van der Waals surface area contributed by atoms with Crippen molar-refractivity contribution >= 4 is 17.8 Å². The number of hydrogen-bond donors (Lipinski definition) is 2. The van der Waals surface area contributed by atoms with E-state index in [2.05, 4.69) is 18.0 Å². The minimum atomic E-state index is -0.964. The Labute approximate surface area is 243 Å². The topological polar surface area (TPSA) is 96.4 Å². The molecule has 0 saturated carbocycles. The van der Waals surface area contributed by atoms with Crippen LogP contribution in [0.2, 0.25) is 0 Å². The summed E-state index contributed by atoms with van der Waals surface area (Å²) in [6.45, 7) is 3.79. The molecular weight excluding hydrogens is 544 g/mol. The molecule has 4 amide bonds. The number of hydrazine groups is 1. The third-order valence-corrected chi connectivity index (χ3v) is 7.66. The largest absolute Gasteiger partial charge is 0.508 e. The van der Waals surface area contributed by atoms with Crippen molar-refractivity contribution in [3.63, 3.8) is 0 Å². The molecule has 2 aromatic carbocycles. The maximum absolute atomic E-state index is 14.6. The molecule has 3 aliphatic rings. The lowest BCUT2D eigenvalue weighted by atomic mass is 9.99. The average Bonchev–Trinajstić information content (AvgIpc) is 3.31. The summed E-state index contributed by atoms with van der Waals surface area (Å²) in [6.07, 6.45) is 8.86. The van der Waals surface area contributed by atoms with Crippen LogP contribution in [0.4, 0.5) is 13.6 Å². The van der Waals surface area contributed by atoms with Gasteiger partial charge in [-0.1, -0.05) is 36.4 Å². The van der Waals surface area contributed by atoms with E-state index in [-0.39, 0.29) is 49.8 Å². The molecule has 1 aliphatic carbocycles. The van der Waals surface area contributed by atoms with E-state index < -0.39 is 35.8 Å². The van der Waals surface area contributed by atoms with Crippen molar-refractivity contribution in [2.75, 3.05) is 26.2 Å². The molecule has 2 aromatic rings. The van der Waals surface area contributed by atoms with Gasteiger partial charge >= 0.3 is 6.03 Å². The number of piperazine rings is 1. The zero-order chi connectivity index (χ0) is 29.8. The number of carbonyl (C=O) groups excluding carboxylic acids is 3. The third-order valence-electron chi connectivity index (χ3n) is 7.66. The number of allylic oxidation sites excluding steroid dienone is 2. The quantitative estimate of drug-likeness (QED) is 0.445. The lowest BCUT2D eigenvalue weighted by molar-refractivity contribution is -0.157. The van der Waals surface area contributed by atoms with Crippen molar-refractivity contribution in [1.82, 2.24) is 25.1 Å². The molecule has 2 heterocycles. The van der Waals surface area contributed by atoms with Crippen LogP contribution in [-0.2, 0) is 22.6 Å². The molecular formula is C31H33F2N5O4. The standard InChI is InChI=1S/C31H33F2N5O4/c1-2-14-36(31(42)34-17-22-6-4-3-5-7-22)37-20-29(40)38-27(15-21-8-11-25(39)12-9-21)30(41)35(19-28(37)38)18-23-16-24(32)10-13-26(23)33/h2,4,6-13,16,27-28,39H,1,3,5,14-15,17-20H2,(H,34,42)/t27-,28+/m0/s1. The molecule has 11 heteroatoms. The van der Waals surface area contributed by atoms with Gasteiger partial charge in [0.1, 0.15) is 29.6 Å². The Morgan fingerprint density at radius 2 is 1.93 bits per heavy atom. The van der Waals surface area contributed by atoms with Crippen molar-refractivity contribution in [2.45, 2.75) is 38.0 Å². The second-order valence-corrected chi connectivity index (χ2v) is 10.5. The van der Waals surface area contributed by atoms with E-state index in [9.17, 15) is 28.3 Å². The summed E-state index contributed by atoms with van der Waals surface area (Å²) in [5, 5.41) is 15.6. The molecule has 2 atom stereocenters. The van der Waals surface area contributed by atoms with E-state index in [1.54, 1.807) is 23.2 Å². The fourth-order valence-corrected chi connectivity index (χ4v) is 5.61. The van der Waals surface area contributed by atoms with Crippen LogP contribution in [0.5, 0.6) is 5.75 Å². The number of aromatic hydroxyl groups is 1. The van der Waals surface area contributed by atoms with Crippen LogP contribution >= 0.6 is 0 Å². The number of rotatable bonds is 9. The summed E-state index contributed by atoms with van der Waals surface area (Å²) in [5.41, 5.74) is 1.68. The molecule has 0 aromatic heterocycles. The van der Waals surface area contributed by atoms with E-state index in [1.165, 1.54) is 26.9 Å². The highest BCUT2D eigenvalue weighted by Crippen LogP contribution is 2.31. The molecule has 0 unspecified atom stereocenters. The molecule has 9 nitrogen and oxygen atoms in total. The Morgan fingerprint density at radius 3 is 2.64 bits per heavy atom. The van der Waals surface area contributed by atoms with Crippen LogP contribution in [0.3, 0.4) is 0 Å². The van der Waals surface area contributed by atoms with Crippen molar-refractivity contribution < 1.29 is 28.3 Å². The van der Waals surface area contributed by atoms with Gasteiger partial charge in [0.2, 0.25) is 11.8 Å². The fraction of sp³-hybridized carbons (Fsp3) is 0.323. The van der Waals surface area contributed by atoms with E-state index >= 15 is 0 Å². The number of carbonyl (C=O) groups is 3. The summed E-state index contributed by atoms with van der Waals surface area (Å²) in [5.74, 6) is -1.99. The minimum Gasteiger partial charge on any atom is -0.508 e. The van der Waals surface area contributed by atoms with Crippen molar-refractivity contribution in [3.8, 4) is 5.75 Å². The highest BCUT2D eigenvalue weighted by molar-refractivity contribution is 5.91. The Bertz CT molecular complexity index is 1430. The molecule has 220 valence electrons. The van der Waals surface area contributed by atoms with Gasteiger partial charge in [0.15, 0.2) is 0 Å². The third kappa shape index (κ3) is 6.20. The fourth-order valence-electron chi connectivity index (χ4n) is 5.61. The molecule has 2 saturated heterocycles. The lowest BCUT2D eigenvalue weighted by Crippen LogP contribution is -2.66. The molecule has 2 fully saturated rings.